The first-order chi connectivity index (χ1) is 14.7. The van der Waals surface area contributed by atoms with Crippen molar-refractivity contribution in [3.8, 4) is 39.9 Å². The Hall–Kier alpha value is -3.74. The fourth-order valence-electron chi connectivity index (χ4n) is 4.55. The number of hydrogen-bond acceptors (Lipinski definition) is 6. The van der Waals surface area contributed by atoms with Crippen molar-refractivity contribution in [2.24, 2.45) is 0 Å². The summed E-state index contributed by atoms with van der Waals surface area (Å²) in [5.74, 6) is 2.89. The summed E-state index contributed by atoms with van der Waals surface area (Å²) in [6.45, 7) is 2.24. The fourth-order valence-corrected chi connectivity index (χ4v) is 4.55. The number of fused-ring (bicyclic) bond motifs is 6. The van der Waals surface area contributed by atoms with Gasteiger partial charge >= 0.3 is 0 Å². The zero-order valence-corrected chi connectivity index (χ0v) is 16.9. The van der Waals surface area contributed by atoms with Crippen molar-refractivity contribution in [3.05, 3.63) is 53.7 Å². The summed E-state index contributed by atoms with van der Waals surface area (Å²) in [6.07, 6.45) is 6.20. The lowest BCUT2D eigenvalue weighted by Crippen LogP contribution is -2.00. The highest BCUT2D eigenvalue weighted by Crippen LogP contribution is 2.51. The van der Waals surface area contributed by atoms with Crippen LogP contribution in [0.3, 0.4) is 0 Å². The Morgan fingerprint density at radius 1 is 1.00 bits per heavy atom. The van der Waals surface area contributed by atoms with Crippen molar-refractivity contribution in [3.63, 3.8) is 0 Å². The van der Waals surface area contributed by atoms with Crippen LogP contribution in [0.25, 0.3) is 27.7 Å². The quantitative estimate of drug-likeness (QED) is 0.454. The average molecular weight is 401 g/mol. The van der Waals surface area contributed by atoms with E-state index in [1.54, 1.807) is 26.7 Å². The van der Waals surface area contributed by atoms with Gasteiger partial charge in [-0.3, -0.25) is 4.98 Å². The van der Waals surface area contributed by atoms with Gasteiger partial charge in [-0.1, -0.05) is 0 Å². The maximum atomic E-state index is 5.83. The predicted molar refractivity (Wildman–Crippen MR) is 111 cm³/mol. The molecule has 7 nitrogen and oxygen atoms in total. The van der Waals surface area contributed by atoms with Gasteiger partial charge in [0.1, 0.15) is 0 Å². The van der Waals surface area contributed by atoms with Crippen LogP contribution in [-0.4, -0.2) is 35.5 Å². The van der Waals surface area contributed by atoms with E-state index in [1.165, 1.54) is 0 Å². The molecule has 0 spiro atoms. The number of benzene rings is 2. The number of aromatic nitrogens is 3. The monoisotopic (exact) mass is 401 g/mol. The van der Waals surface area contributed by atoms with E-state index < -0.39 is 0 Å². The second-order valence-electron chi connectivity index (χ2n) is 7.41. The van der Waals surface area contributed by atoms with Gasteiger partial charge < -0.3 is 23.5 Å². The lowest BCUT2D eigenvalue weighted by molar-refractivity contribution is 0.174. The van der Waals surface area contributed by atoms with Crippen LogP contribution >= 0.6 is 0 Å². The summed E-state index contributed by atoms with van der Waals surface area (Å²) in [5, 5.41) is 2.17. The van der Waals surface area contributed by atoms with Gasteiger partial charge in [0.05, 0.1) is 31.9 Å². The third-order valence-corrected chi connectivity index (χ3v) is 5.92. The van der Waals surface area contributed by atoms with Gasteiger partial charge in [-0.15, -0.1) is 0 Å². The van der Waals surface area contributed by atoms with E-state index in [2.05, 4.69) is 4.98 Å². The van der Waals surface area contributed by atoms with E-state index >= 15 is 0 Å². The Morgan fingerprint density at radius 3 is 2.53 bits per heavy atom. The largest absolute Gasteiger partial charge is 0.493 e. The molecule has 30 heavy (non-hydrogen) atoms. The molecule has 0 radical (unpaired) electrons. The Morgan fingerprint density at radius 2 is 1.80 bits per heavy atom. The van der Waals surface area contributed by atoms with E-state index in [0.29, 0.717) is 11.5 Å². The molecule has 0 saturated carbocycles. The molecule has 4 aromatic rings. The molecule has 1 aliphatic carbocycles. The molecule has 3 heterocycles. The van der Waals surface area contributed by atoms with Crippen LogP contribution in [0.1, 0.15) is 16.8 Å². The fraction of sp³-hybridized carbons (Fsp3) is 0.217. The maximum Gasteiger partial charge on any atom is 0.231 e. The zero-order valence-electron chi connectivity index (χ0n) is 16.9. The summed E-state index contributed by atoms with van der Waals surface area (Å²) in [5.41, 5.74) is 6.26. The molecule has 2 aromatic carbocycles. The van der Waals surface area contributed by atoms with Crippen LogP contribution in [0.4, 0.5) is 0 Å². The van der Waals surface area contributed by atoms with Crippen molar-refractivity contribution in [2.45, 2.75) is 13.3 Å². The molecule has 0 amide bonds. The number of aryl methyl sites for hydroxylation is 1. The topological polar surface area (TPSA) is 67.6 Å². The van der Waals surface area contributed by atoms with Gasteiger partial charge in [-0.2, -0.15) is 0 Å². The molecule has 150 valence electrons. The van der Waals surface area contributed by atoms with E-state index in [4.69, 9.17) is 23.9 Å². The number of methoxy groups -OCH3 is 2. The summed E-state index contributed by atoms with van der Waals surface area (Å²) >= 11 is 0. The molecule has 0 N–H and O–H groups in total. The van der Waals surface area contributed by atoms with Crippen LogP contribution in [0.2, 0.25) is 0 Å². The summed E-state index contributed by atoms with van der Waals surface area (Å²) < 4.78 is 24.6. The van der Waals surface area contributed by atoms with Gasteiger partial charge in [0, 0.05) is 35.5 Å². The number of nitrogens with zero attached hydrogens (tertiary/aromatic N) is 3. The molecule has 6 rings (SSSR count). The predicted octanol–water partition coefficient (Wildman–Crippen LogP) is 4.05. The highest BCUT2D eigenvalue weighted by Gasteiger charge is 2.32. The second kappa shape index (κ2) is 6.13. The molecule has 0 saturated heterocycles. The van der Waals surface area contributed by atoms with Crippen molar-refractivity contribution in [2.75, 3.05) is 21.0 Å². The highest BCUT2D eigenvalue weighted by molar-refractivity contribution is 5.98. The molecule has 0 fully saturated rings. The first-order valence-corrected chi connectivity index (χ1v) is 9.69. The van der Waals surface area contributed by atoms with E-state index in [0.717, 1.165) is 62.5 Å². The molecule has 2 aromatic heterocycles. The molecule has 2 aliphatic rings. The zero-order chi connectivity index (χ0) is 20.4. The molecule has 7 heteroatoms. The number of rotatable bonds is 3. The minimum absolute atomic E-state index is 0.216. The van der Waals surface area contributed by atoms with Gasteiger partial charge in [-0.05, 0) is 41.6 Å². The number of hydrogen-bond donors (Lipinski definition) is 0. The van der Waals surface area contributed by atoms with Gasteiger partial charge in [0.15, 0.2) is 23.0 Å². The van der Waals surface area contributed by atoms with Gasteiger partial charge in [0.25, 0.3) is 0 Å². The smallest absolute Gasteiger partial charge is 0.231 e. The molecule has 1 aliphatic heterocycles. The molecular weight excluding hydrogens is 382 g/mol. The van der Waals surface area contributed by atoms with Crippen molar-refractivity contribution >= 4 is 10.8 Å². The van der Waals surface area contributed by atoms with E-state index in [1.807, 2.05) is 35.9 Å². The number of pyridine rings is 1. The first-order valence-electron chi connectivity index (χ1n) is 9.69. The first kappa shape index (κ1) is 17.1. The van der Waals surface area contributed by atoms with Gasteiger partial charge in [-0.25, -0.2) is 4.98 Å². The Kier molecular flexibility index (Phi) is 3.50. The Labute approximate surface area is 172 Å². The van der Waals surface area contributed by atoms with Crippen molar-refractivity contribution in [1.29, 1.82) is 0 Å². The van der Waals surface area contributed by atoms with Crippen LogP contribution in [-0.2, 0) is 6.42 Å². The summed E-state index contributed by atoms with van der Waals surface area (Å²) in [6, 6.07) is 6.09. The molecular formula is C23H19N3O4. The summed E-state index contributed by atoms with van der Waals surface area (Å²) in [7, 11) is 3.30. The standard InChI is InChI=1S/C23H19N3O4/c1-12-13-7-18(27-2)19(28-3)8-14(13)15-6-17-16(21(15)25-12)9-20-23(30-11-29-20)22(17)26-5-4-24-10-26/h4-5,7-10H,6,11H2,1-3H3. The molecule has 0 bridgehead atoms. The minimum atomic E-state index is 0.216. The van der Waals surface area contributed by atoms with Gasteiger partial charge in [0.2, 0.25) is 6.79 Å². The normalized spacial score (nSPS) is 13.4. The Bertz CT molecular complexity index is 1330. The average Bonchev–Trinajstić information content (AvgIpc) is 3.51. The number of ether oxygens (including phenoxy) is 4. The third kappa shape index (κ3) is 2.20. The second-order valence-corrected chi connectivity index (χ2v) is 7.41. The third-order valence-electron chi connectivity index (χ3n) is 5.92. The van der Waals surface area contributed by atoms with Crippen molar-refractivity contribution in [1.82, 2.24) is 14.5 Å². The van der Waals surface area contributed by atoms with Crippen molar-refractivity contribution < 1.29 is 18.9 Å². The van der Waals surface area contributed by atoms with E-state index in [9.17, 15) is 0 Å². The molecule has 0 unspecified atom stereocenters. The summed E-state index contributed by atoms with van der Waals surface area (Å²) in [4.78, 5) is 9.21. The van der Waals surface area contributed by atoms with Crippen LogP contribution < -0.4 is 18.9 Å². The Balaban J connectivity index is 1.66. The lowest BCUT2D eigenvalue weighted by Gasteiger charge is -2.13. The van der Waals surface area contributed by atoms with Crippen LogP contribution in [0.5, 0.6) is 23.0 Å². The molecule has 0 atom stereocenters. The highest BCUT2D eigenvalue weighted by atomic mass is 16.7. The number of imidazole rings is 1. The lowest BCUT2D eigenvalue weighted by atomic mass is 10.0. The minimum Gasteiger partial charge on any atom is -0.493 e. The van der Waals surface area contributed by atoms with E-state index in [-0.39, 0.29) is 6.79 Å². The van der Waals surface area contributed by atoms with Crippen LogP contribution in [0.15, 0.2) is 36.9 Å². The SMILES string of the molecule is COc1cc2c(C)nc3c(c2cc1OC)Cc1c-3cc2c(c1-n1ccnc1)OCO2. The maximum absolute atomic E-state index is 5.83. The van der Waals surface area contributed by atoms with Crippen LogP contribution in [0, 0.1) is 6.92 Å².